The minimum absolute atomic E-state index is 0.222. The van der Waals surface area contributed by atoms with Gasteiger partial charge in [-0.05, 0) is 30.3 Å². The molecule has 1 heterocycles. The number of nitrogens with zero attached hydrogens (tertiary/aromatic N) is 1. The Hall–Kier alpha value is -2.09. The maximum Gasteiger partial charge on any atom is 0.315 e. The van der Waals surface area contributed by atoms with E-state index in [4.69, 9.17) is 27.6 Å². The van der Waals surface area contributed by atoms with Crippen molar-refractivity contribution in [3.63, 3.8) is 0 Å². The average Bonchev–Trinajstić information content (AvgIpc) is 2.90. The van der Waals surface area contributed by atoms with Crippen LogP contribution in [0, 0.1) is 0 Å². The summed E-state index contributed by atoms with van der Waals surface area (Å²) in [5, 5.41) is 2.93. The molecular formula is C15H10Cl2N2O4S. The van der Waals surface area contributed by atoms with Gasteiger partial charge in [-0.25, -0.2) is 8.42 Å². The summed E-state index contributed by atoms with van der Waals surface area (Å²) in [5.74, 6) is -0.432. The van der Waals surface area contributed by atoms with E-state index < -0.39 is 15.7 Å². The van der Waals surface area contributed by atoms with E-state index >= 15 is 0 Å². The second-order valence-electron chi connectivity index (χ2n) is 5.01. The summed E-state index contributed by atoms with van der Waals surface area (Å²) < 4.78 is 28.1. The highest BCUT2D eigenvalue weighted by Gasteiger charge is 2.17. The third kappa shape index (κ3) is 3.38. The van der Waals surface area contributed by atoms with Crippen molar-refractivity contribution in [1.82, 2.24) is 4.98 Å². The van der Waals surface area contributed by atoms with Crippen LogP contribution in [0.4, 0.5) is 5.69 Å². The van der Waals surface area contributed by atoms with Gasteiger partial charge in [0.2, 0.25) is 9.84 Å². The number of amides is 1. The zero-order valence-electron chi connectivity index (χ0n) is 12.2. The second kappa shape index (κ2) is 6.08. The number of halogens is 2. The van der Waals surface area contributed by atoms with Gasteiger partial charge in [-0.3, -0.25) is 4.79 Å². The molecular weight excluding hydrogens is 375 g/mol. The number of hydrogen-bond donors (Lipinski definition) is 1. The molecule has 0 fully saturated rings. The number of aromatic nitrogens is 1. The third-order valence-electron chi connectivity index (χ3n) is 3.12. The van der Waals surface area contributed by atoms with Crippen LogP contribution < -0.4 is 5.32 Å². The zero-order valence-corrected chi connectivity index (χ0v) is 14.5. The highest BCUT2D eigenvalue weighted by molar-refractivity contribution is 7.90. The molecule has 0 aliphatic carbocycles. The number of carbonyl (C=O) groups is 1. The third-order valence-corrected chi connectivity index (χ3v) is 4.48. The first kappa shape index (κ1) is 16.8. The van der Waals surface area contributed by atoms with Crippen molar-refractivity contribution in [2.24, 2.45) is 0 Å². The normalized spacial score (nSPS) is 11.6. The molecule has 124 valence electrons. The summed E-state index contributed by atoms with van der Waals surface area (Å²) in [5.41, 5.74) is 1.29. The Balaban J connectivity index is 1.91. The number of carbonyl (C=O) groups excluding carboxylic acids is 1. The van der Waals surface area contributed by atoms with E-state index in [1.165, 1.54) is 18.2 Å². The quantitative estimate of drug-likeness (QED) is 0.741. The minimum Gasteiger partial charge on any atom is -0.428 e. The summed E-state index contributed by atoms with van der Waals surface area (Å²) in [6, 6.07) is 9.15. The highest BCUT2D eigenvalue weighted by Crippen LogP contribution is 2.25. The maximum absolute atomic E-state index is 12.3. The van der Waals surface area contributed by atoms with Crippen molar-refractivity contribution in [1.29, 1.82) is 0 Å². The van der Waals surface area contributed by atoms with Crippen molar-refractivity contribution in [3.05, 3.63) is 52.0 Å². The summed E-state index contributed by atoms with van der Waals surface area (Å²) in [6.45, 7) is 0. The standard InChI is InChI=1S/C15H10Cl2N2O4S/c1-24(21,22)15-19-12-5-3-9(7-13(12)23-15)18-14(20)10-4-2-8(16)6-11(10)17/h2-7H,1H3,(H,18,20). The van der Waals surface area contributed by atoms with Gasteiger partial charge in [0.15, 0.2) is 5.58 Å². The topological polar surface area (TPSA) is 89.3 Å². The molecule has 0 radical (unpaired) electrons. The summed E-state index contributed by atoms with van der Waals surface area (Å²) in [6.07, 6.45) is 1.00. The molecule has 1 amide bonds. The van der Waals surface area contributed by atoms with Crippen LogP contribution in [0.1, 0.15) is 10.4 Å². The highest BCUT2D eigenvalue weighted by atomic mass is 35.5. The van der Waals surface area contributed by atoms with Crippen LogP contribution in [0.25, 0.3) is 11.1 Å². The Morgan fingerprint density at radius 3 is 2.58 bits per heavy atom. The van der Waals surface area contributed by atoms with E-state index in [1.807, 2.05) is 0 Å². The summed E-state index contributed by atoms with van der Waals surface area (Å²) >= 11 is 11.8. The molecule has 0 spiro atoms. The number of fused-ring (bicyclic) bond motifs is 1. The van der Waals surface area contributed by atoms with Crippen LogP contribution in [0.15, 0.2) is 46.0 Å². The molecule has 3 aromatic rings. The summed E-state index contributed by atoms with van der Waals surface area (Å²) in [7, 11) is -3.55. The number of anilines is 1. The van der Waals surface area contributed by atoms with Gasteiger partial charge < -0.3 is 9.73 Å². The van der Waals surface area contributed by atoms with Gasteiger partial charge in [0.05, 0.1) is 10.6 Å². The van der Waals surface area contributed by atoms with Gasteiger partial charge >= 0.3 is 5.22 Å². The smallest absolute Gasteiger partial charge is 0.315 e. The lowest BCUT2D eigenvalue weighted by Crippen LogP contribution is -2.12. The van der Waals surface area contributed by atoms with Crippen LogP contribution in [0.5, 0.6) is 0 Å². The van der Waals surface area contributed by atoms with Gasteiger partial charge in [0.1, 0.15) is 5.52 Å². The Morgan fingerprint density at radius 1 is 1.17 bits per heavy atom. The Kier molecular flexibility index (Phi) is 4.25. The lowest BCUT2D eigenvalue weighted by molar-refractivity contribution is 0.102. The first-order valence-corrected chi connectivity index (χ1v) is 9.26. The first-order valence-electron chi connectivity index (χ1n) is 6.61. The van der Waals surface area contributed by atoms with Gasteiger partial charge in [-0.1, -0.05) is 23.2 Å². The van der Waals surface area contributed by atoms with E-state index in [1.54, 1.807) is 18.2 Å². The van der Waals surface area contributed by atoms with E-state index in [-0.39, 0.29) is 21.4 Å². The molecule has 3 rings (SSSR count). The molecule has 1 aromatic heterocycles. The summed E-state index contributed by atoms with van der Waals surface area (Å²) in [4.78, 5) is 16.1. The first-order chi connectivity index (χ1) is 11.2. The minimum atomic E-state index is -3.55. The van der Waals surface area contributed by atoms with Gasteiger partial charge in [0.25, 0.3) is 5.91 Å². The molecule has 6 nitrogen and oxygen atoms in total. The zero-order chi connectivity index (χ0) is 17.5. The van der Waals surface area contributed by atoms with Crippen molar-refractivity contribution in [2.45, 2.75) is 5.22 Å². The average molecular weight is 385 g/mol. The molecule has 0 saturated carbocycles. The second-order valence-corrected chi connectivity index (χ2v) is 7.75. The van der Waals surface area contributed by atoms with E-state index in [2.05, 4.69) is 10.3 Å². The lowest BCUT2D eigenvalue weighted by Gasteiger charge is -2.06. The molecule has 2 aromatic carbocycles. The predicted molar refractivity (Wildman–Crippen MR) is 91.5 cm³/mol. The number of oxazole rings is 1. The number of nitrogens with one attached hydrogen (secondary N) is 1. The van der Waals surface area contributed by atoms with Crippen LogP contribution in [0.3, 0.4) is 0 Å². The molecule has 0 atom stereocenters. The van der Waals surface area contributed by atoms with Gasteiger partial charge in [-0.15, -0.1) is 0 Å². The molecule has 1 N–H and O–H groups in total. The van der Waals surface area contributed by atoms with Gasteiger partial charge in [0, 0.05) is 23.0 Å². The van der Waals surface area contributed by atoms with Gasteiger partial charge in [-0.2, -0.15) is 4.98 Å². The lowest BCUT2D eigenvalue weighted by atomic mass is 10.2. The van der Waals surface area contributed by atoms with E-state index in [9.17, 15) is 13.2 Å². The van der Waals surface area contributed by atoms with E-state index in [0.29, 0.717) is 16.2 Å². The number of hydrogen-bond acceptors (Lipinski definition) is 5. The SMILES string of the molecule is CS(=O)(=O)c1nc2ccc(NC(=O)c3ccc(Cl)cc3Cl)cc2o1. The maximum atomic E-state index is 12.3. The Labute approximate surface area is 147 Å². The molecule has 0 saturated heterocycles. The Morgan fingerprint density at radius 2 is 1.92 bits per heavy atom. The van der Waals surface area contributed by atoms with Crippen molar-refractivity contribution < 1.29 is 17.6 Å². The fourth-order valence-corrected chi connectivity index (χ4v) is 3.01. The predicted octanol–water partition coefficient (Wildman–Crippen LogP) is 3.79. The molecule has 0 bridgehead atoms. The number of benzene rings is 2. The fourth-order valence-electron chi connectivity index (χ4n) is 2.01. The van der Waals surface area contributed by atoms with Crippen molar-refractivity contribution >= 4 is 55.7 Å². The van der Waals surface area contributed by atoms with Crippen LogP contribution in [-0.2, 0) is 9.84 Å². The molecule has 0 aliphatic heterocycles. The molecule has 0 aliphatic rings. The number of rotatable bonds is 3. The number of sulfone groups is 1. The molecule has 24 heavy (non-hydrogen) atoms. The Bertz CT molecular complexity index is 1060. The molecule has 0 unspecified atom stereocenters. The molecule has 9 heteroatoms. The van der Waals surface area contributed by atoms with Crippen LogP contribution >= 0.6 is 23.2 Å². The van der Waals surface area contributed by atoms with Crippen LogP contribution in [0.2, 0.25) is 10.0 Å². The largest absolute Gasteiger partial charge is 0.428 e. The van der Waals surface area contributed by atoms with E-state index in [0.717, 1.165) is 6.26 Å². The van der Waals surface area contributed by atoms with Crippen LogP contribution in [-0.4, -0.2) is 25.6 Å². The van der Waals surface area contributed by atoms with Crippen molar-refractivity contribution in [3.8, 4) is 0 Å². The fraction of sp³-hybridized carbons (Fsp3) is 0.0667. The van der Waals surface area contributed by atoms with Crippen molar-refractivity contribution in [2.75, 3.05) is 11.6 Å². The monoisotopic (exact) mass is 384 g/mol.